The third-order valence-corrected chi connectivity index (χ3v) is 3.97. The van der Waals surface area contributed by atoms with Crippen molar-refractivity contribution in [2.75, 3.05) is 20.1 Å². The van der Waals surface area contributed by atoms with E-state index in [0.29, 0.717) is 18.2 Å². The summed E-state index contributed by atoms with van der Waals surface area (Å²) in [7, 11) is 1.96. The lowest BCUT2D eigenvalue weighted by atomic mass is 9.95. The molecular formula is C13H16ClFN4. The summed E-state index contributed by atoms with van der Waals surface area (Å²) in [5.74, 6) is 0.0456. The van der Waals surface area contributed by atoms with Crippen LogP contribution < -0.4 is 0 Å². The molecule has 4 nitrogen and oxygen atoms in total. The molecule has 2 atom stereocenters. The lowest BCUT2D eigenvalue weighted by Crippen LogP contribution is -2.40. The number of likely N-dealkylation sites (tertiary alicyclic amines) is 1. The maximum Gasteiger partial charge on any atom is 0.162 e. The van der Waals surface area contributed by atoms with E-state index in [1.165, 1.54) is 0 Å². The predicted octanol–water partition coefficient (Wildman–Crippen LogP) is 2.37. The smallest absolute Gasteiger partial charge is 0.162 e. The topological polar surface area (TPSA) is 34.0 Å². The van der Waals surface area contributed by atoms with E-state index in [9.17, 15) is 4.39 Å². The molecule has 2 aromatic rings. The molecule has 0 bridgehead atoms. The summed E-state index contributed by atoms with van der Waals surface area (Å²) in [4.78, 5) is 2.04. The molecule has 0 N–H and O–H groups in total. The van der Waals surface area contributed by atoms with Crippen LogP contribution in [0.15, 0.2) is 18.3 Å². The number of hydrogen-bond acceptors (Lipinski definition) is 3. The van der Waals surface area contributed by atoms with Gasteiger partial charge in [0.1, 0.15) is 6.17 Å². The summed E-state index contributed by atoms with van der Waals surface area (Å²) in [6.07, 6.45) is 2.02. The van der Waals surface area contributed by atoms with Gasteiger partial charge in [0.25, 0.3) is 0 Å². The quantitative estimate of drug-likeness (QED) is 0.848. The number of fused-ring (bicyclic) bond motifs is 1. The first-order valence-corrected chi connectivity index (χ1v) is 6.82. The van der Waals surface area contributed by atoms with Crippen molar-refractivity contribution < 1.29 is 4.39 Å². The average molecular weight is 283 g/mol. The van der Waals surface area contributed by atoms with Crippen LogP contribution in [-0.2, 0) is 6.54 Å². The lowest BCUT2D eigenvalue weighted by molar-refractivity contribution is 0.0926. The Kier molecular flexibility index (Phi) is 3.41. The predicted molar refractivity (Wildman–Crippen MR) is 73.0 cm³/mol. The fourth-order valence-electron chi connectivity index (χ4n) is 2.67. The van der Waals surface area contributed by atoms with Crippen molar-refractivity contribution in [3.8, 4) is 0 Å². The number of rotatable bonds is 2. The second kappa shape index (κ2) is 5.06. The highest BCUT2D eigenvalue weighted by Crippen LogP contribution is 2.24. The fourth-order valence-corrected chi connectivity index (χ4v) is 2.83. The Hall–Kier alpha value is -1.20. The van der Waals surface area contributed by atoms with E-state index in [-0.39, 0.29) is 5.92 Å². The third kappa shape index (κ3) is 2.58. The molecule has 0 unspecified atom stereocenters. The Morgan fingerprint density at radius 3 is 3.11 bits per heavy atom. The van der Waals surface area contributed by atoms with E-state index in [0.717, 1.165) is 24.0 Å². The first-order valence-electron chi connectivity index (χ1n) is 6.44. The lowest BCUT2D eigenvalue weighted by Gasteiger charge is -2.32. The zero-order valence-corrected chi connectivity index (χ0v) is 11.5. The molecule has 102 valence electrons. The average Bonchev–Trinajstić information content (AvgIpc) is 2.75. The summed E-state index contributed by atoms with van der Waals surface area (Å²) in [6, 6.07) is 3.72. The summed E-state index contributed by atoms with van der Waals surface area (Å²) in [5, 5.41) is 9.28. The second-order valence-corrected chi connectivity index (χ2v) is 5.63. The number of alkyl halides is 1. The third-order valence-electron chi connectivity index (χ3n) is 3.79. The fraction of sp³-hybridized carbons (Fsp3) is 0.538. The Balaban J connectivity index is 1.81. The molecular weight excluding hydrogens is 267 g/mol. The number of nitrogens with zero attached hydrogens (tertiary/aromatic N) is 4. The Bertz CT molecular complexity index is 585. The molecule has 1 aliphatic rings. The van der Waals surface area contributed by atoms with E-state index in [1.807, 2.05) is 28.8 Å². The number of aromatic nitrogens is 3. The summed E-state index contributed by atoms with van der Waals surface area (Å²) in [6.45, 7) is 2.11. The van der Waals surface area contributed by atoms with E-state index in [1.54, 1.807) is 6.07 Å². The second-order valence-electron chi connectivity index (χ2n) is 5.24. The standard InChI is InChI=1S/C13H16ClFN4/c1-18-4-2-10(11(15)8-18)7-19-5-3-9-6-12(14)16-17-13(9)19/h3,5-6,10-11H,2,4,7-8H2,1H3/t10-,11+/m0/s1. The molecule has 3 rings (SSSR count). The molecule has 19 heavy (non-hydrogen) atoms. The minimum Gasteiger partial charge on any atom is -0.331 e. The Morgan fingerprint density at radius 1 is 1.47 bits per heavy atom. The minimum absolute atomic E-state index is 0.0456. The highest BCUT2D eigenvalue weighted by atomic mass is 35.5. The van der Waals surface area contributed by atoms with Crippen LogP contribution in [0.2, 0.25) is 5.15 Å². The van der Waals surface area contributed by atoms with Gasteiger partial charge in [0.05, 0.1) is 0 Å². The SMILES string of the molecule is CN1CC[C@@H](Cn2ccc3cc(Cl)nnc32)[C@H](F)C1. The molecule has 1 saturated heterocycles. The van der Waals surface area contributed by atoms with Gasteiger partial charge in [-0.15, -0.1) is 10.2 Å². The monoisotopic (exact) mass is 282 g/mol. The van der Waals surface area contributed by atoms with Crippen LogP contribution in [-0.4, -0.2) is 46.0 Å². The zero-order valence-electron chi connectivity index (χ0n) is 10.8. The van der Waals surface area contributed by atoms with Gasteiger partial charge >= 0.3 is 0 Å². The summed E-state index contributed by atoms with van der Waals surface area (Å²) < 4.78 is 16.0. The first kappa shape index (κ1) is 12.8. The molecule has 3 heterocycles. The van der Waals surface area contributed by atoms with E-state index in [4.69, 9.17) is 11.6 Å². The van der Waals surface area contributed by atoms with Gasteiger partial charge in [0.2, 0.25) is 0 Å². The summed E-state index contributed by atoms with van der Waals surface area (Å²) in [5.41, 5.74) is 0.774. The van der Waals surface area contributed by atoms with Crippen molar-refractivity contribution in [1.82, 2.24) is 19.7 Å². The van der Waals surface area contributed by atoms with E-state index in [2.05, 4.69) is 10.2 Å². The molecule has 0 amide bonds. The van der Waals surface area contributed by atoms with Crippen molar-refractivity contribution in [3.05, 3.63) is 23.5 Å². The molecule has 1 fully saturated rings. The molecule has 0 aromatic carbocycles. The van der Waals surface area contributed by atoms with Crippen molar-refractivity contribution in [3.63, 3.8) is 0 Å². The van der Waals surface area contributed by atoms with Crippen molar-refractivity contribution in [2.45, 2.75) is 19.1 Å². The molecule has 6 heteroatoms. The van der Waals surface area contributed by atoms with Crippen LogP contribution in [0.3, 0.4) is 0 Å². The highest BCUT2D eigenvalue weighted by molar-refractivity contribution is 6.29. The van der Waals surface area contributed by atoms with Crippen molar-refractivity contribution >= 4 is 22.6 Å². The molecule has 2 aromatic heterocycles. The van der Waals surface area contributed by atoms with Crippen LogP contribution in [0.25, 0.3) is 11.0 Å². The molecule has 0 aliphatic carbocycles. The van der Waals surface area contributed by atoms with E-state index >= 15 is 0 Å². The normalized spacial score (nSPS) is 25.0. The zero-order chi connectivity index (χ0) is 13.4. The maximum absolute atomic E-state index is 14.0. The minimum atomic E-state index is -0.781. The van der Waals surface area contributed by atoms with Crippen LogP contribution in [0.5, 0.6) is 0 Å². The van der Waals surface area contributed by atoms with Gasteiger partial charge < -0.3 is 9.47 Å². The van der Waals surface area contributed by atoms with Gasteiger partial charge in [-0.3, -0.25) is 0 Å². The van der Waals surface area contributed by atoms with Crippen LogP contribution in [0.1, 0.15) is 6.42 Å². The number of halogens is 2. The van der Waals surface area contributed by atoms with Gasteiger partial charge in [0.15, 0.2) is 10.8 Å². The number of piperidine rings is 1. The maximum atomic E-state index is 14.0. The molecule has 0 saturated carbocycles. The molecule has 1 aliphatic heterocycles. The Morgan fingerprint density at radius 2 is 2.32 bits per heavy atom. The van der Waals surface area contributed by atoms with Gasteiger partial charge in [0, 0.05) is 30.6 Å². The van der Waals surface area contributed by atoms with Crippen molar-refractivity contribution in [2.24, 2.45) is 5.92 Å². The van der Waals surface area contributed by atoms with Crippen molar-refractivity contribution in [1.29, 1.82) is 0 Å². The molecule has 0 radical (unpaired) electrons. The Labute approximate surface area is 116 Å². The van der Waals surface area contributed by atoms with Gasteiger partial charge in [-0.2, -0.15) is 0 Å². The van der Waals surface area contributed by atoms with Crippen LogP contribution in [0.4, 0.5) is 4.39 Å². The van der Waals surface area contributed by atoms with Crippen LogP contribution in [0, 0.1) is 5.92 Å². The largest absolute Gasteiger partial charge is 0.331 e. The van der Waals surface area contributed by atoms with Gasteiger partial charge in [-0.1, -0.05) is 11.6 Å². The van der Waals surface area contributed by atoms with Gasteiger partial charge in [-0.25, -0.2) is 4.39 Å². The summed E-state index contributed by atoms with van der Waals surface area (Å²) >= 11 is 5.81. The van der Waals surface area contributed by atoms with Gasteiger partial charge in [-0.05, 0) is 32.1 Å². The molecule has 0 spiro atoms. The van der Waals surface area contributed by atoms with Crippen LogP contribution >= 0.6 is 11.6 Å². The first-order chi connectivity index (χ1) is 9.13. The number of hydrogen-bond donors (Lipinski definition) is 0. The van der Waals surface area contributed by atoms with E-state index < -0.39 is 6.17 Å². The highest BCUT2D eigenvalue weighted by Gasteiger charge is 2.28.